The standard InChI is InChI=1S/C24H24ClFN6O2S3/c1-3-5-8-36-23-31-32(24(35)37-23)12-21(33)30-19-10-15-18(11-20(19)34-4-2)27-13-28-22(15)29-14-6-7-17(26)16(25)9-14/h6-7,9-11,13H,3-5,8,12H2,1-2H3,(H,30,33)(H,27,28,29). The Hall–Kier alpha value is -2.80. The highest BCUT2D eigenvalue weighted by Gasteiger charge is 2.15. The summed E-state index contributed by atoms with van der Waals surface area (Å²) in [5.74, 6) is 1.07. The molecule has 0 bridgehead atoms. The molecule has 194 valence electrons. The van der Waals surface area contributed by atoms with Crippen LogP contribution in [0, 0.1) is 9.77 Å². The lowest BCUT2D eigenvalue weighted by atomic mass is 10.1. The van der Waals surface area contributed by atoms with E-state index < -0.39 is 5.82 Å². The van der Waals surface area contributed by atoms with Crippen LogP contribution in [0.1, 0.15) is 26.7 Å². The first-order valence-electron chi connectivity index (χ1n) is 11.5. The van der Waals surface area contributed by atoms with E-state index in [-0.39, 0.29) is 17.5 Å². The summed E-state index contributed by atoms with van der Waals surface area (Å²) in [6, 6.07) is 7.76. The average Bonchev–Trinajstić information content (AvgIpc) is 3.21. The van der Waals surface area contributed by atoms with E-state index in [4.69, 9.17) is 28.6 Å². The molecule has 2 aromatic carbocycles. The molecule has 2 aromatic heterocycles. The van der Waals surface area contributed by atoms with Crippen LogP contribution in [0.2, 0.25) is 5.02 Å². The fraction of sp³-hybridized carbons (Fsp3) is 0.292. The zero-order valence-electron chi connectivity index (χ0n) is 20.1. The van der Waals surface area contributed by atoms with Crippen LogP contribution in [-0.2, 0) is 11.3 Å². The zero-order chi connectivity index (χ0) is 26.4. The molecule has 0 aliphatic heterocycles. The van der Waals surface area contributed by atoms with E-state index in [1.807, 2.05) is 6.92 Å². The Kier molecular flexibility index (Phi) is 9.30. The van der Waals surface area contributed by atoms with Crippen molar-refractivity contribution in [1.82, 2.24) is 19.7 Å². The number of carbonyl (C=O) groups excluding carboxylic acids is 1. The zero-order valence-corrected chi connectivity index (χ0v) is 23.3. The van der Waals surface area contributed by atoms with Crippen molar-refractivity contribution in [3.05, 3.63) is 51.5 Å². The van der Waals surface area contributed by atoms with Gasteiger partial charge in [0.25, 0.3) is 0 Å². The third-order valence-corrected chi connectivity index (χ3v) is 7.91. The first-order chi connectivity index (χ1) is 17.9. The molecule has 0 aliphatic rings. The topological polar surface area (TPSA) is 94.0 Å². The molecule has 2 N–H and O–H groups in total. The molecule has 0 spiro atoms. The molecule has 4 aromatic rings. The summed E-state index contributed by atoms with van der Waals surface area (Å²) in [5, 5.41) is 11.1. The number of ether oxygens (including phenoxy) is 1. The summed E-state index contributed by atoms with van der Waals surface area (Å²) in [4.78, 5) is 21.6. The maximum Gasteiger partial charge on any atom is 0.246 e. The summed E-state index contributed by atoms with van der Waals surface area (Å²) >= 11 is 14.4. The number of halogens is 2. The van der Waals surface area contributed by atoms with Gasteiger partial charge in [-0.15, -0.1) is 0 Å². The maximum atomic E-state index is 13.6. The number of rotatable bonds is 11. The van der Waals surface area contributed by atoms with Crippen LogP contribution in [0.15, 0.2) is 41.0 Å². The van der Waals surface area contributed by atoms with Gasteiger partial charge in [-0.2, -0.15) is 5.10 Å². The number of nitrogens with one attached hydrogen (secondary N) is 2. The number of unbranched alkanes of at least 4 members (excludes halogenated alkanes) is 1. The fourth-order valence-electron chi connectivity index (χ4n) is 3.34. The minimum atomic E-state index is -0.516. The SMILES string of the molecule is CCCCSc1nn(CC(=O)Nc2cc3c(Nc4ccc(F)c(Cl)c4)ncnc3cc2OCC)c(=S)s1. The second kappa shape index (κ2) is 12.6. The first kappa shape index (κ1) is 27.2. The lowest BCUT2D eigenvalue weighted by Crippen LogP contribution is -2.20. The van der Waals surface area contributed by atoms with Crippen molar-refractivity contribution in [1.29, 1.82) is 0 Å². The molecule has 13 heteroatoms. The Morgan fingerprint density at radius 1 is 1.27 bits per heavy atom. The van der Waals surface area contributed by atoms with E-state index in [1.54, 1.807) is 30.0 Å². The van der Waals surface area contributed by atoms with Crippen molar-refractivity contribution in [2.45, 2.75) is 37.6 Å². The maximum absolute atomic E-state index is 13.6. The summed E-state index contributed by atoms with van der Waals surface area (Å²) in [7, 11) is 0. The van der Waals surface area contributed by atoms with E-state index in [2.05, 4.69) is 32.6 Å². The third-order valence-electron chi connectivity index (χ3n) is 5.10. The molecule has 8 nitrogen and oxygen atoms in total. The van der Waals surface area contributed by atoms with E-state index in [0.29, 0.717) is 44.4 Å². The Morgan fingerprint density at radius 3 is 2.86 bits per heavy atom. The van der Waals surface area contributed by atoms with Crippen LogP contribution in [0.4, 0.5) is 21.6 Å². The van der Waals surface area contributed by atoms with Crippen molar-refractivity contribution < 1.29 is 13.9 Å². The van der Waals surface area contributed by atoms with Gasteiger partial charge in [0.05, 0.1) is 22.8 Å². The quantitative estimate of drug-likeness (QED) is 0.111. The molecule has 0 unspecified atom stereocenters. The van der Waals surface area contributed by atoms with Crippen molar-refractivity contribution >= 4 is 80.9 Å². The van der Waals surface area contributed by atoms with Gasteiger partial charge in [-0.05, 0) is 49.8 Å². The van der Waals surface area contributed by atoms with Gasteiger partial charge in [-0.3, -0.25) is 4.79 Å². The highest BCUT2D eigenvalue weighted by molar-refractivity contribution is 8.01. The number of carbonyl (C=O) groups is 1. The number of nitrogens with zero attached hydrogens (tertiary/aromatic N) is 4. The Balaban J connectivity index is 1.59. The number of hydrogen-bond donors (Lipinski definition) is 2. The second-order valence-electron chi connectivity index (χ2n) is 7.82. The minimum Gasteiger partial charge on any atom is -0.492 e. The molecule has 4 rings (SSSR count). The van der Waals surface area contributed by atoms with Gasteiger partial charge in [0, 0.05) is 22.9 Å². The van der Waals surface area contributed by atoms with Crippen LogP contribution in [-0.4, -0.2) is 38.0 Å². The van der Waals surface area contributed by atoms with E-state index in [1.165, 1.54) is 34.5 Å². The number of benzene rings is 2. The first-order valence-corrected chi connectivity index (χ1v) is 14.1. The Bertz CT molecular complexity index is 1480. The molecule has 0 aliphatic carbocycles. The predicted molar refractivity (Wildman–Crippen MR) is 151 cm³/mol. The van der Waals surface area contributed by atoms with Crippen molar-refractivity contribution in [2.75, 3.05) is 23.0 Å². The molecule has 0 radical (unpaired) electrons. The number of amides is 1. The van der Waals surface area contributed by atoms with Gasteiger partial charge in [0.2, 0.25) is 5.91 Å². The molecular formula is C24H24ClFN6O2S3. The molecule has 0 fully saturated rings. The van der Waals surface area contributed by atoms with Crippen molar-refractivity contribution in [3.8, 4) is 5.75 Å². The van der Waals surface area contributed by atoms with Gasteiger partial charge in [-0.25, -0.2) is 19.0 Å². The number of fused-ring (bicyclic) bond motifs is 1. The molecular weight excluding hydrogens is 555 g/mol. The van der Waals surface area contributed by atoms with E-state index in [0.717, 1.165) is 22.9 Å². The molecule has 0 saturated heterocycles. The van der Waals surface area contributed by atoms with Crippen molar-refractivity contribution in [2.24, 2.45) is 0 Å². The lowest BCUT2D eigenvalue weighted by Gasteiger charge is -2.15. The monoisotopic (exact) mass is 578 g/mol. The summed E-state index contributed by atoms with van der Waals surface area (Å²) < 4.78 is 22.3. The van der Waals surface area contributed by atoms with Crippen LogP contribution in [0.25, 0.3) is 10.9 Å². The Morgan fingerprint density at radius 2 is 2.11 bits per heavy atom. The summed E-state index contributed by atoms with van der Waals surface area (Å²) in [5.41, 5.74) is 1.60. The fourth-order valence-corrected chi connectivity index (χ4v) is 6.01. The summed E-state index contributed by atoms with van der Waals surface area (Å²) in [6.45, 7) is 4.36. The normalized spacial score (nSPS) is 11.0. The number of aromatic nitrogens is 4. The van der Waals surface area contributed by atoms with Gasteiger partial charge >= 0.3 is 0 Å². The van der Waals surface area contributed by atoms with Crippen LogP contribution < -0.4 is 15.4 Å². The van der Waals surface area contributed by atoms with Crippen LogP contribution in [0.3, 0.4) is 0 Å². The van der Waals surface area contributed by atoms with Crippen LogP contribution in [0.5, 0.6) is 5.75 Å². The number of anilines is 3. The number of hydrogen-bond acceptors (Lipinski definition) is 9. The molecule has 0 saturated carbocycles. The molecule has 2 heterocycles. The van der Waals surface area contributed by atoms with Gasteiger partial charge in [0.1, 0.15) is 30.3 Å². The molecule has 1 amide bonds. The predicted octanol–water partition coefficient (Wildman–Crippen LogP) is 7.08. The second-order valence-corrected chi connectivity index (χ2v) is 11.2. The van der Waals surface area contributed by atoms with Gasteiger partial charge in [0.15, 0.2) is 8.29 Å². The number of thioether (sulfide) groups is 1. The lowest BCUT2D eigenvalue weighted by molar-refractivity contribution is -0.116. The largest absolute Gasteiger partial charge is 0.492 e. The van der Waals surface area contributed by atoms with Crippen molar-refractivity contribution in [3.63, 3.8) is 0 Å². The van der Waals surface area contributed by atoms with Crippen LogP contribution >= 0.6 is 46.9 Å². The van der Waals surface area contributed by atoms with Gasteiger partial charge in [-0.1, -0.05) is 48.0 Å². The van der Waals surface area contributed by atoms with E-state index >= 15 is 0 Å². The third kappa shape index (κ3) is 6.95. The molecule has 0 atom stereocenters. The highest BCUT2D eigenvalue weighted by atomic mass is 35.5. The smallest absolute Gasteiger partial charge is 0.246 e. The minimum absolute atomic E-state index is 0.0116. The summed E-state index contributed by atoms with van der Waals surface area (Å²) in [6.07, 6.45) is 3.60. The molecule has 37 heavy (non-hydrogen) atoms. The average molecular weight is 579 g/mol. The van der Waals surface area contributed by atoms with Gasteiger partial charge < -0.3 is 15.4 Å². The highest BCUT2D eigenvalue weighted by Crippen LogP contribution is 2.34. The van der Waals surface area contributed by atoms with E-state index in [9.17, 15) is 9.18 Å². The Labute approximate surface area is 231 Å².